The minimum absolute atomic E-state index is 0.0365. The van der Waals surface area contributed by atoms with Gasteiger partial charge in [-0.3, -0.25) is 0 Å². The molecule has 1 aromatic carbocycles. The third kappa shape index (κ3) is 4.03. The Hall–Kier alpha value is -0.730. The molecule has 0 bridgehead atoms. The Morgan fingerprint density at radius 3 is 2.75 bits per heavy atom. The van der Waals surface area contributed by atoms with Crippen molar-refractivity contribution in [3.63, 3.8) is 0 Å². The highest BCUT2D eigenvalue weighted by Gasteiger charge is 2.08. The predicted octanol–water partition coefficient (Wildman–Crippen LogP) is 3.45. The van der Waals surface area contributed by atoms with Crippen LogP contribution >= 0.6 is 11.6 Å². The van der Waals surface area contributed by atoms with Gasteiger partial charge in [-0.05, 0) is 30.2 Å². The molecule has 1 rings (SSSR count). The number of aliphatic hydroxyl groups excluding tert-OH is 1. The van der Waals surface area contributed by atoms with E-state index in [9.17, 15) is 0 Å². The molecular formula is C13H18ClO2. The Labute approximate surface area is 102 Å². The zero-order valence-corrected chi connectivity index (χ0v) is 10.5. The highest BCUT2D eigenvalue weighted by Crippen LogP contribution is 2.25. The lowest BCUT2D eigenvalue weighted by Crippen LogP contribution is -2.02. The molecule has 3 heteroatoms. The van der Waals surface area contributed by atoms with Crippen molar-refractivity contribution in [2.24, 2.45) is 0 Å². The molecule has 0 saturated heterocycles. The number of hydrogen-bond acceptors (Lipinski definition) is 2. The first-order valence-electron chi connectivity index (χ1n) is 5.54. The number of halogens is 1. The predicted molar refractivity (Wildman–Crippen MR) is 67.0 cm³/mol. The number of aliphatic hydroxyl groups is 1. The van der Waals surface area contributed by atoms with Crippen LogP contribution in [0.2, 0.25) is 5.02 Å². The minimum Gasteiger partial charge on any atom is -0.494 e. The van der Waals surface area contributed by atoms with Crippen LogP contribution in [0.15, 0.2) is 18.2 Å². The van der Waals surface area contributed by atoms with E-state index in [2.05, 4.69) is 6.92 Å². The summed E-state index contributed by atoms with van der Waals surface area (Å²) >= 11 is 5.99. The Bertz CT molecular complexity index is 326. The summed E-state index contributed by atoms with van der Waals surface area (Å²) in [5.41, 5.74) is 0.932. The van der Waals surface area contributed by atoms with E-state index in [-0.39, 0.29) is 6.61 Å². The average molecular weight is 242 g/mol. The topological polar surface area (TPSA) is 29.5 Å². The molecule has 0 spiro atoms. The van der Waals surface area contributed by atoms with Crippen molar-refractivity contribution < 1.29 is 9.84 Å². The van der Waals surface area contributed by atoms with Crippen molar-refractivity contribution in [2.75, 3.05) is 13.2 Å². The third-order valence-corrected chi connectivity index (χ3v) is 2.59. The Balaban J connectivity index is 2.73. The van der Waals surface area contributed by atoms with E-state index in [0.29, 0.717) is 11.6 Å². The van der Waals surface area contributed by atoms with Crippen LogP contribution in [-0.4, -0.2) is 18.3 Å². The number of unbranched alkanes of at least 4 members (excludes halogenated alkanes) is 1. The molecule has 2 nitrogen and oxygen atoms in total. The summed E-state index contributed by atoms with van der Waals surface area (Å²) < 4.78 is 5.58. The van der Waals surface area contributed by atoms with Crippen LogP contribution in [0.1, 0.15) is 32.3 Å². The van der Waals surface area contributed by atoms with Gasteiger partial charge in [-0.25, -0.2) is 0 Å². The molecule has 16 heavy (non-hydrogen) atoms. The first kappa shape index (κ1) is 13.3. The summed E-state index contributed by atoms with van der Waals surface area (Å²) in [4.78, 5) is 0. The first-order chi connectivity index (χ1) is 7.67. The zero-order chi connectivity index (χ0) is 12.0. The molecule has 1 aromatic rings. The van der Waals surface area contributed by atoms with Crippen molar-refractivity contribution >= 4 is 11.6 Å². The summed E-state index contributed by atoms with van der Waals surface area (Å²) in [5.74, 6) is 1.66. The molecule has 0 atom stereocenters. The molecule has 0 amide bonds. The average Bonchev–Trinajstić information content (AvgIpc) is 2.27. The maximum Gasteiger partial charge on any atom is 0.121 e. The molecule has 0 saturated carbocycles. The van der Waals surface area contributed by atoms with E-state index in [1.54, 1.807) is 6.07 Å². The van der Waals surface area contributed by atoms with E-state index in [0.717, 1.165) is 30.1 Å². The van der Waals surface area contributed by atoms with Gasteiger partial charge in [0.15, 0.2) is 0 Å². The Morgan fingerprint density at radius 2 is 2.12 bits per heavy atom. The molecule has 0 unspecified atom stereocenters. The Kier molecular flexibility index (Phi) is 5.64. The standard InChI is InChI=1S/C13H18ClO2/c1-3-4-5-16-13-7-11(10(2)9-15)6-12(14)8-13/h6-8,15H,3-5,9H2,1-2H3. The highest BCUT2D eigenvalue weighted by molar-refractivity contribution is 6.30. The van der Waals surface area contributed by atoms with Gasteiger partial charge in [0, 0.05) is 10.9 Å². The van der Waals surface area contributed by atoms with E-state index >= 15 is 0 Å². The van der Waals surface area contributed by atoms with Gasteiger partial charge in [0.1, 0.15) is 5.75 Å². The van der Waals surface area contributed by atoms with Gasteiger partial charge in [0.2, 0.25) is 0 Å². The fourth-order valence-electron chi connectivity index (χ4n) is 1.32. The highest BCUT2D eigenvalue weighted by atomic mass is 35.5. The van der Waals surface area contributed by atoms with E-state index in [4.69, 9.17) is 21.4 Å². The summed E-state index contributed by atoms with van der Waals surface area (Å²) in [7, 11) is 0. The van der Waals surface area contributed by atoms with Crippen LogP contribution in [0.5, 0.6) is 5.75 Å². The molecule has 89 valence electrons. The summed E-state index contributed by atoms with van der Waals surface area (Å²) in [6.07, 6.45) is 2.14. The second-order valence-corrected chi connectivity index (χ2v) is 4.25. The second kappa shape index (κ2) is 6.77. The molecular weight excluding hydrogens is 224 g/mol. The van der Waals surface area contributed by atoms with Crippen molar-refractivity contribution in [2.45, 2.75) is 26.7 Å². The normalized spacial score (nSPS) is 10.8. The molecule has 0 aliphatic rings. The van der Waals surface area contributed by atoms with Crippen LogP contribution in [0.3, 0.4) is 0 Å². The van der Waals surface area contributed by atoms with Gasteiger partial charge >= 0.3 is 0 Å². The number of benzene rings is 1. The second-order valence-electron chi connectivity index (χ2n) is 3.82. The molecule has 1 radical (unpaired) electrons. The Morgan fingerprint density at radius 1 is 1.38 bits per heavy atom. The maximum atomic E-state index is 9.06. The van der Waals surface area contributed by atoms with Gasteiger partial charge in [-0.1, -0.05) is 31.9 Å². The molecule has 0 aliphatic carbocycles. The molecule has 0 aromatic heterocycles. The minimum atomic E-state index is 0.0365. The van der Waals surface area contributed by atoms with Crippen molar-refractivity contribution in [1.82, 2.24) is 0 Å². The van der Waals surface area contributed by atoms with Gasteiger partial charge in [-0.2, -0.15) is 0 Å². The van der Waals surface area contributed by atoms with Gasteiger partial charge in [0.25, 0.3) is 0 Å². The maximum absolute atomic E-state index is 9.06. The summed E-state index contributed by atoms with van der Waals surface area (Å²) in [6, 6.07) is 5.54. The summed E-state index contributed by atoms with van der Waals surface area (Å²) in [5, 5.41) is 9.70. The SMILES string of the molecule is CCCCOc1cc(Cl)cc([C](C)CO)c1. The molecule has 0 fully saturated rings. The van der Waals surface area contributed by atoms with Crippen LogP contribution < -0.4 is 4.74 Å². The molecule has 1 N–H and O–H groups in total. The molecule has 0 aliphatic heterocycles. The first-order valence-corrected chi connectivity index (χ1v) is 5.92. The lowest BCUT2D eigenvalue weighted by molar-refractivity contribution is 0.307. The van der Waals surface area contributed by atoms with Gasteiger partial charge in [-0.15, -0.1) is 0 Å². The fourth-order valence-corrected chi connectivity index (χ4v) is 1.54. The van der Waals surface area contributed by atoms with Gasteiger partial charge in [0.05, 0.1) is 13.2 Å². The number of ether oxygens (including phenoxy) is 1. The van der Waals surface area contributed by atoms with Gasteiger partial charge < -0.3 is 9.84 Å². The van der Waals surface area contributed by atoms with E-state index in [1.165, 1.54) is 0 Å². The monoisotopic (exact) mass is 241 g/mol. The lowest BCUT2D eigenvalue weighted by atomic mass is 10.0. The third-order valence-electron chi connectivity index (χ3n) is 2.37. The van der Waals surface area contributed by atoms with E-state index in [1.807, 2.05) is 19.1 Å². The van der Waals surface area contributed by atoms with Crippen LogP contribution in [0.25, 0.3) is 0 Å². The lowest BCUT2D eigenvalue weighted by Gasteiger charge is -2.11. The van der Waals surface area contributed by atoms with Crippen LogP contribution in [0.4, 0.5) is 0 Å². The summed E-state index contributed by atoms with van der Waals surface area (Å²) in [6.45, 7) is 4.74. The largest absolute Gasteiger partial charge is 0.494 e. The zero-order valence-electron chi connectivity index (χ0n) is 9.79. The van der Waals surface area contributed by atoms with E-state index < -0.39 is 0 Å². The van der Waals surface area contributed by atoms with Crippen molar-refractivity contribution in [3.8, 4) is 5.75 Å². The van der Waals surface area contributed by atoms with Crippen molar-refractivity contribution in [3.05, 3.63) is 34.7 Å². The number of rotatable bonds is 6. The van der Waals surface area contributed by atoms with Crippen LogP contribution in [-0.2, 0) is 0 Å². The fraction of sp³-hybridized carbons (Fsp3) is 0.462. The number of hydrogen-bond donors (Lipinski definition) is 1. The van der Waals surface area contributed by atoms with Crippen LogP contribution in [0, 0.1) is 5.92 Å². The smallest absolute Gasteiger partial charge is 0.121 e. The van der Waals surface area contributed by atoms with Crippen molar-refractivity contribution in [1.29, 1.82) is 0 Å². The molecule has 0 heterocycles. The quantitative estimate of drug-likeness (QED) is 0.773.